The highest BCUT2D eigenvalue weighted by atomic mass is 19.4. The zero-order chi connectivity index (χ0) is 31.5. The maximum absolute atomic E-state index is 14.6. The largest absolute Gasteiger partial charge is 0.481 e. The first-order valence-corrected chi connectivity index (χ1v) is 15.5. The number of alkyl halides is 3. The van der Waals surface area contributed by atoms with Crippen LogP contribution in [0.4, 0.5) is 19.0 Å². The van der Waals surface area contributed by atoms with Crippen LogP contribution in [0.15, 0.2) is 30.6 Å². The number of aromatic nitrogens is 4. The second-order valence-electron chi connectivity index (χ2n) is 12.9. The molecule has 1 amide bonds. The third-order valence-corrected chi connectivity index (χ3v) is 9.67. The molecule has 0 unspecified atom stereocenters. The molecule has 3 aromatic rings. The second-order valence-corrected chi connectivity index (χ2v) is 12.9. The average molecular weight is 625 g/mol. The number of aliphatic carboxylic acids is 1. The highest BCUT2D eigenvalue weighted by Crippen LogP contribution is 2.45. The first kappa shape index (κ1) is 29.8. The van der Waals surface area contributed by atoms with Gasteiger partial charge >= 0.3 is 12.1 Å². The molecule has 45 heavy (non-hydrogen) atoms. The molecule has 0 bridgehead atoms. The fourth-order valence-corrected chi connectivity index (χ4v) is 6.67. The van der Waals surface area contributed by atoms with Crippen LogP contribution in [-0.2, 0) is 29.3 Å². The van der Waals surface area contributed by atoms with Gasteiger partial charge in [-0.1, -0.05) is 6.42 Å². The molecule has 0 radical (unpaired) electrons. The lowest BCUT2D eigenvalue weighted by molar-refractivity contribution is -0.138. The van der Waals surface area contributed by atoms with Crippen molar-refractivity contribution in [2.45, 2.75) is 69.1 Å². The summed E-state index contributed by atoms with van der Waals surface area (Å²) < 4.78 is 51.0. The summed E-state index contributed by atoms with van der Waals surface area (Å²) in [5.41, 5.74) is 0.699. The van der Waals surface area contributed by atoms with Gasteiger partial charge < -0.3 is 19.7 Å². The Balaban J connectivity index is 1.27. The zero-order valence-corrected chi connectivity index (χ0v) is 24.9. The highest BCUT2D eigenvalue weighted by Gasteiger charge is 2.43. The number of anilines is 1. The number of hydrogen-bond acceptors (Lipinski definition) is 7. The van der Waals surface area contributed by atoms with Crippen molar-refractivity contribution >= 4 is 17.7 Å². The standard InChI is InChI=1S/C32H35F3N6O4/c1-40-16-37-39-30(40)29(21-14-45-15-21)20-9-26(18-5-6-18)38-27(10-20)41-13-23-22(31(41)44)7-19(8-24(23)32(33,34)35)25(11-28(42)43)36-12-17-3-2-4-17/h7-10,16-18,21,25,29,36H,2-6,11-15H2,1H3,(H,42,43)/t25-,29-/m0/s1. The Kier molecular flexibility index (Phi) is 7.63. The van der Waals surface area contributed by atoms with Crippen LogP contribution in [-0.4, -0.2) is 56.5 Å². The SMILES string of the molecule is Cn1cnnc1[C@@H](c1cc(C2CC2)nc(N2Cc3c(cc([C@H](CC(=O)O)NCC4CCC4)cc3C(F)(F)F)C2=O)c1)C1COC1. The first-order chi connectivity index (χ1) is 21.6. The molecule has 4 heterocycles. The molecule has 2 aliphatic carbocycles. The molecular weight excluding hydrogens is 589 g/mol. The third-order valence-electron chi connectivity index (χ3n) is 9.67. The summed E-state index contributed by atoms with van der Waals surface area (Å²) in [6.07, 6.45) is 1.47. The second kappa shape index (κ2) is 11.5. The van der Waals surface area contributed by atoms with E-state index < -0.39 is 36.1 Å². The molecular formula is C32H35F3N6O4. The van der Waals surface area contributed by atoms with Crippen molar-refractivity contribution in [3.63, 3.8) is 0 Å². The highest BCUT2D eigenvalue weighted by molar-refractivity contribution is 6.10. The molecule has 1 saturated heterocycles. The van der Waals surface area contributed by atoms with Crippen LogP contribution in [0.3, 0.4) is 0 Å². The first-order valence-electron chi connectivity index (χ1n) is 15.5. The van der Waals surface area contributed by atoms with Crippen molar-refractivity contribution < 1.29 is 32.6 Å². The van der Waals surface area contributed by atoms with Crippen LogP contribution in [0.25, 0.3) is 0 Å². The van der Waals surface area contributed by atoms with Crippen LogP contribution >= 0.6 is 0 Å². The van der Waals surface area contributed by atoms with Gasteiger partial charge in [0.2, 0.25) is 0 Å². The van der Waals surface area contributed by atoms with Crippen molar-refractivity contribution in [1.29, 1.82) is 0 Å². The molecule has 238 valence electrons. The number of carbonyl (C=O) groups is 2. The number of carboxylic acids is 1. The van der Waals surface area contributed by atoms with Gasteiger partial charge in [0.25, 0.3) is 5.91 Å². The molecule has 4 aliphatic rings. The van der Waals surface area contributed by atoms with E-state index in [4.69, 9.17) is 9.72 Å². The van der Waals surface area contributed by atoms with E-state index in [1.807, 2.05) is 17.7 Å². The fourth-order valence-electron chi connectivity index (χ4n) is 6.67. The maximum atomic E-state index is 14.6. The fraction of sp³-hybridized carbons (Fsp3) is 0.531. The Hall–Kier alpha value is -3.84. The van der Waals surface area contributed by atoms with Gasteiger partial charge in [0.05, 0.1) is 37.7 Å². The Morgan fingerprint density at radius 1 is 1.13 bits per heavy atom. The van der Waals surface area contributed by atoms with Gasteiger partial charge in [-0.25, -0.2) is 4.98 Å². The number of nitrogens with one attached hydrogen (secondary N) is 1. The van der Waals surface area contributed by atoms with Gasteiger partial charge in [-0.3, -0.25) is 14.5 Å². The Labute approximate surface area is 258 Å². The topological polar surface area (TPSA) is 122 Å². The Bertz CT molecular complexity index is 1630. The Morgan fingerprint density at radius 3 is 2.49 bits per heavy atom. The van der Waals surface area contributed by atoms with Crippen LogP contribution in [0, 0.1) is 11.8 Å². The molecule has 13 heteroatoms. The molecule has 2 aromatic heterocycles. The summed E-state index contributed by atoms with van der Waals surface area (Å²) in [4.78, 5) is 31.8. The van der Waals surface area contributed by atoms with Crippen molar-refractivity contribution in [3.8, 4) is 0 Å². The Morgan fingerprint density at radius 2 is 1.91 bits per heavy atom. The van der Waals surface area contributed by atoms with Gasteiger partial charge in [-0.05, 0) is 79.1 Å². The molecule has 2 atom stereocenters. The van der Waals surface area contributed by atoms with Gasteiger partial charge in [-0.2, -0.15) is 13.2 Å². The van der Waals surface area contributed by atoms with Crippen LogP contribution < -0.4 is 10.2 Å². The molecule has 2 N–H and O–H groups in total. The van der Waals surface area contributed by atoms with Crippen LogP contribution in [0.5, 0.6) is 0 Å². The summed E-state index contributed by atoms with van der Waals surface area (Å²) in [5.74, 6) is -0.168. The number of fused-ring (bicyclic) bond motifs is 1. The van der Waals surface area contributed by atoms with E-state index in [2.05, 4.69) is 15.5 Å². The number of benzene rings is 1. The van der Waals surface area contributed by atoms with Crippen molar-refractivity contribution in [1.82, 2.24) is 25.1 Å². The molecule has 7 rings (SSSR count). The number of carboxylic acid groups (broad SMARTS) is 1. The molecule has 0 spiro atoms. The number of pyridine rings is 1. The minimum Gasteiger partial charge on any atom is -0.481 e. The van der Waals surface area contributed by atoms with Crippen LogP contribution in [0.2, 0.25) is 0 Å². The van der Waals surface area contributed by atoms with Crippen LogP contribution in [0.1, 0.15) is 101 Å². The summed E-state index contributed by atoms with van der Waals surface area (Å²) in [6.45, 7) is 1.29. The predicted molar refractivity (Wildman–Crippen MR) is 156 cm³/mol. The van der Waals surface area contributed by atoms with E-state index in [1.54, 1.807) is 12.4 Å². The van der Waals surface area contributed by atoms with E-state index in [-0.39, 0.29) is 41.0 Å². The zero-order valence-electron chi connectivity index (χ0n) is 24.9. The molecule has 2 saturated carbocycles. The number of amides is 1. The van der Waals surface area contributed by atoms with E-state index >= 15 is 0 Å². The summed E-state index contributed by atoms with van der Waals surface area (Å²) in [6, 6.07) is 5.40. The van der Waals surface area contributed by atoms with E-state index in [0.29, 0.717) is 31.5 Å². The normalized spacial score (nSPS) is 20.1. The van der Waals surface area contributed by atoms with Gasteiger partial charge in [0.1, 0.15) is 18.0 Å². The van der Waals surface area contributed by atoms with Crippen molar-refractivity contribution in [2.24, 2.45) is 18.9 Å². The average Bonchev–Trinajstić information content (AvgIpc) is 3.63. The lowest BCUT2D eigenvalue weighted by Crippen LogP contribution is -2.35. The third kappa shape index (κ3) is 5.83. The number of rotatable bonds is 11. The summed E-state index contributed by atoms with van der Waals surface area (Å²) in [7, 11) is 1.86. The molecule has 10 nitrogen and oxygen atoms in total. The summed E-state index contributed by atoms with van der Waals surface area (Å²) in [5, 5.41) is 21.2. The molecule has 2 aliphatic heterocycles. The number of hydrogen-bond donors (Lipinski definition) is 2. The monoisotopic (exact) mass is 624 g/mol. The van der Waals surface area contributed by atoms with Gasteiger partial charge in [0, 0.05) is 36.2 Å². The van der Waals surface area contributed by atoms with E-state index in [9.17, 15) is 27.9 Å². The lowest BCUT2D eigenvalue weighted by Gasteiger charge is -2.34. The van der Waals surface area contributed by atoms with E-state index in [0.717, 1.165) is 55.3 Å². The quantitative estimate of drug-likeness (QED) is 0.307. The number of aryl methyl sites for hydroxylation is 1. The van der Waals surface area contributed by atoms with Gasteiger partial charge in [-0.15, -0.1) is 10.2 Å². The summed E-state index contributed by atoms with van der Waals surface area (Å²) >= 11 is 0. The molecule has 1 aromatic carbocycles. The smallest absolute Gasteiger partial charge is 0.416 e. The number of nitrogens with zero attached hydrogens (tertiary/aromatic N) is 5. The van der Waals surface area contributed by atoms with Gasteiger partial charge in [0.15, 0.2) is 0 Å². The van der Waals surface area contributed by atoms with E-state index in [1.165, 1.54) is 11.0 Å². The minimum absolute atomic E-state index is 0.0712. The molecule has 3 fully saturated rings. The number of carbonyl (C=O) groups excluding carboxylic acids is 1. The predicted octanol–water partition coefficient (Wildman–Crippen LogP) is 4.95. The van der Waals surface area contributed by atoms with Crippen molar-refractivity contribution in [2.75, 3.05) is 24.7 Å². The number of halogens is 3. The van der Waals surface area contributed by atoms with Crippen molar-refractivity contribution in [3.05, 3.63) is 69.9 Å². The minimum atomic E-state index is -4.74. The number of ether oxygens (including phenoxy) is 1. The maximum Gasteiger partial charge on any atom is 0.416 e. The lowest BCUT2D eigenvalue weighted by atomic mass is 9.83.